The van der Waals surface area contributed by atoms with Crippen LogP contribution in [0.25, 0.3) is 11.1 Å². The number of nitrogens with one attached hydrogen (secondary N) is 1. The lowest BCUT2D eigenvalue weighted by Gasteiger charge is -2.26. The smallest absolute Gasteiger partial charge is 0.335 e. The van der Waals surface area contributed by atoms with E-state index in [9.17, 15) is 4.79 Å². The van der Waals surface area contributed by atoms with Crippen LogP contribution < -0.4 is 5.32 Å². The van der Waals surface area contributed by atoms with Crippen molar-refractivity contribution in [3.63, 3.8) is 0 Å². The number of hydrogen-bond acceptors (Lipinski definition) is 3. The molecule has 0 radical (unpaired) electrons. The van der Waals surface area contributed by atoms with Gasteiger partial charge in [-0.2, -0.15) is 0 Å². The van der Waals surface area contributed by atoms with E-state index in [4.69, 9.17) is 4.74 Å². The molecule has 3 nitrogen and oxygen atoms in total. The van der Waals surface area contributed by atoms with Gasteiger partial charge in [0.2, 0.25) is 0 Å². The van der Waals surface area contributed by atoms with E-state index in [0.717, 1.165) is 41.6 Å². The number of para-hydroxylation sites is 1. The Morgan fingerprint density at radius 3 is 2.61 bits per heavy atom. The number of allylic oxidation sites excluding steroid dienone is 1. The summed E-state index contributed by atoms with van der Waals surface area (Å²) in [6.07, 6.45) is 4.94. The molecule has 0 bridgehead atoms. The third-order valence-corrected chi connectivity index (χ3v) is 4.20. The van der Waals surface area contributed by atoms with Crippen LogP contribution in [0.4, 0.5) is 5.69 Å². The molecule has 0 heterocycles. The lowest BCUT2D eigenvalue weighted by atomic mass is 9.93. The van der Waals surface area contributed by atoms with Gasteiger partial charge in [-0.25, -0.2) is 4.79 Å². The van der Waals surface area contributed by atoms with E-state index >= 15 is 0 Å². The number of benzene rings is 2. The molecule has 1 atom stereocenters. The van der Waals surface area contributed by atoms with Crippen molar-refractivity contribution in [1.82, 2.24) is 0 Å². The predicted octanol–water partition coefficient (Wildman–Crippen LogP) is 4.42. The Balaban J connectivity index is 1.90. The molecule has 1 N–H and O–H groups in total. The highest BCUT2D eigenvalue weighted by molar-refractivity contribution is 5.91. The van der Waals surface area contributed by atoms with E-state index in [1.807, 2.05) is 36.4 Å². The Bertz CT molecular complexity index is 707. The Kier molecular flexibility index (Phi) is 4.77. The van der Waals surface area contributed by atoms with E-state index in [1.165, 1.54) is 7.11 Å². The van der Waals surface area contributed by atoms with Crippen LogP contribution in [0.5, 0.6) is 0 Å². The highest BCUT2D eigenvalue weighted by Crippen LogP contribution is 2.31. The Hall–Kier alpha value is -2.55. The van der Waals surface area contributed by atoms with Gasteiger partial charge in [0.15, 0.2) is 0 Å². The molecule has 0 fully saturated rings. The van der Waals surface area contributed by atoms with Crippen molar-refractivity contribution >= 4 is 11.7 Å². The number of carbonyl (C=O) groups is 1. The lowest BCUT2D eigenvalue weighted by molar-refractivity contribution is -0.136. The molecule has 118 valence electrons. The molecule has 0 saturated heterocycles. The number of methoxy groups -OCH3 is 1. The molecule has 2 aromatic rings. The van der Waals surface area contributed by atoms with E-state index in [0.29, 0.717) is 0 Å². The summed E-state index contributed by atoms with van der Waals surface area (Å²) in [7, 11) is 1.44. The number of anilines is 1. The van der Waals surface area contributed by atoms with Gasteiger partial charge in [0.25, 0.3) is 0 Å². The lowest BCUT2D eigenvalue weighted by Crippen LogP contribution is -2.29. The summed E-state index contributed by atoms with van der Waals surface area (Å²) in [5, 5.41) is 3.54. The molecule has 1 unspecified atom stereocenters. The van der Waals surface area contributed by atoms with Crippen LogP contribution in [0.2, 0.25) is 0 Å². The summed E-state index contributed by atoms with van der Waals surface area (Å²) >= 11 is 0. The van der Waals surface area contributed by atoms with Crippen LogP contribution in [0.3, 0.4) is 0 Å². The summed E-state index contributed by atoms with van der Waals surface area (Å²) < 4.78 is 4.93. The fraction of sp³-hybridized carbons (Fsp3) is 0.250. The van der Waals surface area contributed by atoms with Crippen LogP contribution in [0.1, 0.15) is 19.3 Å². The van der Waals surface area contributed by atoms with Crippen LogP contribution in [-0.4, -0.2) is 19.1 Å². The summed E-state index contributed by atoms with van der Waals surface area (Å²) in [6.45, 7) is 0. The van der Waals surface area contributed by atoms with E-state index in [2.05, 4.69) is 29.6 Å². The van der Waals surface area contributed by atoms with E-state index < -0.39 is 0 Å². The van der Waals surface area contributed by atoms with Crippen molar-refractivity contribution < 1.29 is 9.53 Å². The number of hydrogen-bond donors (Lipinski definition) is 1. The first-order valence-electron chi connectivity index (χ1n) is 7.99. The summed E-state index contributed by atoms with van der Waals surface area (Å²) in [5.41, 5.74) is 4.08. The maximum atomic E-state index is 12.0. The van der Waals surface area contributed by atoms with Crippen molar-refractivity contribution in [1.29, 1.82) is 0 Å². The molecule has 3 rings (SSSR count). The standard InChI is InChI=1S/C20H21NO2/c1-23-20(22)17-12-6-8-14-19(17)21-18-13-7-5-11-16(18)15-9-3-2-4-10-15/h2-5,7,9-13,19,21H,6,8,14H2,1H3. The minimum atomic E-state index is -0.237. The second kappa shape index (κ2) is 7.14. The highest BCUT2D eigenvalue weighted by Gasteiger charge is 2.24. The monoisotopic (exact) mass is 307 g/mol. The molecule has 3 heteroatoms. The van der Waals surface area contributed by atoms with Crippen molar-refractivity contribution in [3.8, 4) is 11.1 Å². The van der Waals surface area contributed by atoms with Gasteiger partial charge in [-0.05, 0) is 30.9 Å². The number of carbonyl (C=O) groups excluding carboxylic acids is 1. The number of esters is 1. The number of rotatable bonds is 4. The van der Waals surface area contributed by atoms with Gasteiger partial charge in [-0.15, -0.1) is 0 Å². The molecule has 0 saturated carbocycles. The molecule has 1 aliphatic rings. The van der Waals surface area contributed by atoms with E-state index in [-0.39, 0.29) is 12.0 Å². The average Bonchev–Trinajstić information content (AvgIpc) is 2.63. The van der Waals surface area contributed by atoms with E-state index in [1.54, 1.807) is 0 Å². The van der Waals surface area contributed by atoms with Crippen LogP contribution in [0, 0.1) is 0 Å². The van der Waals surface area contributed by atoms with Crippen molar-refractivity contribution in [2.24, 2.45) is 0 Å². The van der Waals surface area contributed by atoms with Crippen LogP contribution >= 0.6 is 0 Å². The Morgan fingerprint density at radius 1 is 1.09 bits per heavy atom. The molecule has 0 aromatic heterocycles. The molecular weight excluding hydrogens is 286 g/mol. The zero-order valence-corrected chi connectivity index (χ0v) is 13.3. The molecule has 0 aliphatic heterocycles. The van der Waals surface area contributed by atoms with Gasteiger partial charge in [0.1, 0.15) is 0 Å². The molecule has 0 spiro atoms. The molecule has 23 heavy (non-hydrogen) atoms. The highest BCUT2D eigenvalue weighted by atomic mass is 16.5. The summed E-state index contributed by atoms with van der Waals surface area (Å²) in [6, 6.07) is 18.5. The van der Waals surface area contributed by atoms with Gasteiger partial charge in [-0.3, -0.25) is 0 Å². The topological polar surface area (TPSA) is 38.3 Å². The quantitative estimate of drug-likeness (QED) is 0.850. The summed E-state index contributed by atoms with van der Waals surface area (Å²) in [4.78, 5) is 12.0. The molecular formula is C20H21NO2. The minimum absolute atomic E-state index is 0.000984. The second-order valence-electron chi connectivity index (χ2n) is 5.69. The van der Waals surface area contributed by atoms with Crippen LogP contribution in [0.15, 0.2) is 66.2 Å². The maximum Gasteiger partial charge on any atom is 0.335 e. The predicted molar refractivity (Wildman–Crippen MR) is 93.2 cm³/mol. The van der Waals surface area contributed by atoms with Gasteiger partial charge in [-0.1, -0.05) is 54.6 Å². The molecule has 1 aliphatic carbocycles. The van der Waals surface area contributed by atoms with Gasteiger partial charge in [0.05, 0.1) is 18.7 Å². The summed E-state index contributed by atoms with van der Waals surface area (Å²) in [5.74, 6) is -0.237. The zero-order valence-electron chi connectivity index (χ0n) is 13.3. The number of ether oxygens (including phenoxy) is 1. The van der Waals surface area contributed by atoms with Crippen LogP contribution in [-0.2, 0) is 9.53 Å². The Labute approximate surface area is 137 Å². The molecule has 0 amide bonds. The van der Waals surface area contributed by atoms with Crippen molar-refractivity contribution in [2.45, 2.75) is 25.3 Å². The molecule has 2 aromatic carbocycles. The first-order valence-corrected chi connectivity index (χ1v) is 7.99. The first-order chi connectivity index (χ1) is 11.3. The van der Waals surface area contributed by atoms with Gasteiger partial charge >= 0.3 is 5.97 Å². The van der Waals surface area contributed by atoms with Gasteiger partial charge in [0, 0.05) is 11.3 Å². The third kappa shape index (κ3) is 3.45. The van der Waals surface area contributed by atoms with Crippen molar-refractivity contribution in [3.05, 3.63) is 66.2 Å². The fourth-order valence-electron chi connectivity index (χ4n) is 3.04. The SMILES string of the molecule is COC(=O)C1=CCCCC1Nc1ccccc1-c1ccccc1. The normalized spacial score (nSPS) is 17.3. The Morgan fingerprint density at radius 2 is 1.83 bits per heavy atom. The largest absolute Gasteiger partial charge is 0.466 e. The van der Waals surface area contributed by atoms with Crippen molar-refractivity contribution in [2.75, 3.05) is 12.4 Å². The second-order valence-corrected chi connectivity index (χ2v) is 5.69. The third-order valence-electron chi connectivity index (χ3n) is 4.20. The zero-order chi connectivity index (χ0) is 16.1. The first kappa shape index (κ1) is 15.3. The fourth-order valence-corrected chi connectivity index (χ4v) is 3.04. The minimum Gasteiger partial charge on any atom is -0.466 e. The average molecular weight is 307 g/mol. The van der Waals surface area contributed by atoms with Gasteiger partial charge < -0.3 is 10.1 Å². The maximum absolute atomic E-state index is 12.0.